The van der Waals surface area contributed by atoms with Crippen molar-refractivity contribution in [3.8, 4) is 0 Å². The molecule has 0 saturated carbocycles. The van der Waals surface area contributed by atoms with E-state index in [1.54, 1.807) is 0 Å². The summed E-state index contributed by atoms with van der Waals surface area (Å²) in [5, 5.41) is 0. The predicted octanol–water partition coefficient (Wildman–Crippen LogP) is 15.7. The first-order valence-corrected chi connectivity index (χ1v) is 23.8. The van der Waals surface area contributed by atoms with E-state index in [1.807, 2.05) is 12.2 Å². The molecule has 0 rings (SSSR count). The van der Waals surface area contributed by atoms with Gasteiger partial charge in [0.05, 0.1) is 0 Å². The summed E-state index contributed by atoms with van der Waals surface area (Å²) < 4.78 is 16.6. The maximum Gasteiger partial charge on any atom is 0.306 e. The summed E-state index contributed by atoms with van der Waals surface area (Å²) in [6.45, 7) is 6.12. The Hall–Kier alpha value is -4.71. The standard InChI is InChI=1S/C56H84O6/c1-4-7-10-13-16-19-22-25-27-29-31-34-37-40-43-46-49-55(58)61-52-53(51-60-54(57)48-45-42-39-36-33-24-21-18-15-12-9-6-3)62-56(59)50-47-44-41-38-35-32-30-28-26-23-20-17-14-11-8-5-2/h7-12,16-21,25-28,31-36,40,43,53H,4-6,13-15,22-24,29-30,37-39,41-42,44-52H2,1-3H3/b10-7-,11-8-,12-9-,19-16-,20-17-,21-18-,27-25-,28-26-,34-31-,35-32-,36-33-,43-40-. The first-order valence-electron chi connectivity index (χ1n) is 23.8. The first kappa shape index (κ1) is 57.3. The molecule has 0 aliphatic rings. The number of allylic oxidation sites excluding steroid dienone is 24. The molecule has 0 N–H and O–H groups in total. The lowest BCUT2D eigenvalue weighted by atomic mass is 10.1. The molecule has 0 saturated heterocycles. The summed E-state index contributed by atoms with van der Waals surface area (Å²) in [6, 6.07) is 0. The summed E-state index contributed by atoms with van der Waals surface area (Å²) in [5.74, 6) is -1.11. The zero-order valence-corrected chi connectivity index (χ0v) is 39.1. The van der Waals surface area contributed by atoms with Crippen LogP contribution in [0.2, 0.25) is 0 Å². The maximum atomic E-state index is 12.8. The van der Waals surface area contributed by atoms with E-state index < -0.39 is 6.10 Å². The maximum absolute atomic E-state index is 12.8. The Labute approximate surface area is 378 Å². The quantitative estimate of drug-likeness (QED) is 0.0264. The molecule has 1 unspecified atom stereocenters. The Morgan fingerprint density at radius 1 is 0.323 bits per heavy atom. The van der Waals surface area contributed by atoms with E-state index in [9.17, 15) is 14.4 Å². The minimum absolute atomic E-state index is 0.141. The molecule has 0 amide bonds. The van der Waals surface area contributed by atoms with Crippen molar-refractivity contribution in [3.63, 3.8) is 0 Å². The van der Waals surface area contributed by atoms with Gasteiger partial charge in [-0.1, -0.05) is 173 Å². The van der Waals surface area contributed by atoms with E-state index >= 15 is 0 Å². The van der Waals surface area contributed by atoms with E-state index in [1.165, 1.54) is 0 Å². The number of rotatable bonds is 40. The number of hydrogen-bond acceptors (Lipinski definition) is 6. The van der Waals surface area contributed by atoms with Gasteiger partial charge in [-0.05, 0) is 122 Å². The van der Waals surface area contributed by atoms with Gasteiger partial charge in [0.25, 0.3) is 0 Å². The Bertz CT molecular complexity index is 1440. The van der Waals surface area contributed by atoms with Crippen LogP contribution < -0.4 is 0 Å². The van der Waals surface area contributed by atoms with Gasteiger partial charge in [-0.2, -0.15) is 0 Å². The summed E-state index contributed by atoms with van der Waals surface area (Å²) in [6.07, 6.45) is 69.9. The van der Waals surface area contributed by atoms with Crippen LogP contribution in [0.25, 0.3) is 0 Å². The van der Waals surface area contributed by atoms with Crippen LogP contribution in [0, 0.1) is 0 Å². The van der Waals surface area contributed by atoms with Gasteiger partial charge in [0.2, 0.25) is 0 Å². The van der Waals surface area contributed by atoms with Crippen LogP contribution in [0.4, 0.5) is 0 Å². The molecule has 0 aromatic rings. The third-order valence-corrected chi connectivity index (χ3v) is 9.08. The second-order valence-corrected chi connectivity index (χ2v) is 14.9. The lowest BCUT2D eigenvalue weighted by Crippen LogP contribution is -2.30. The molecule has 0 spiro atoms. The summed E-state index contributed by atoms with van der Waals surface area (Å²) >= 11 is 0. The molecule has 0 aliphatic carbocycles. The van der Waals surface area contributed by atoms with Crippen LogP contribution >= 0.6 is 0 Å². The van der Waals surface area contributed by atoms with Gasteiger partial charge < -0.3 is 14.2 Å². The second kappa shape index (κ2) is 49.0. The Kier molecular flexibility index (Phi) is 45.2. The minimum Gasteiger partial charge on any atom is -0.462 e. The van der Waals surface area contributed by atoms with E-state index in [2.05, 4.69) is 154 Å². The fourth-order valence-electron chi connectivity index (χ4n) is 5.61. The van der Waals surface area contributed by atoms with Crippen LogP contribution in [0.1, 0.15) is 168 Å². The van der Waals surface area contributed by atoms with Gasteiger partial charge in [0.1, 0.15) is 13.2 Å². The van der Waals surface area contributed by atoms with Crippen molar-refractivity contribution in [1.82, 2.24) is 0 Å². The van der Waals surface area contributed by atoms with Gasteiger partial charge in [-0.25, -0.2) is 0 Å². The summed E-state index contributed by atoms with van der Waals surface area (Å²) in [5.41, 5.74) is 0. The average Bonchev–Trinajstić information content (AvgIpc) is 3.27. The predicted molar refractivity (Wildman–Crippen MR) is 265 cm³/mol. The highest BCUT2D eigenvalue weighted by Gasteiger charge is 2.19. The molecule has 0 bridgehead atoms. The van der Waals surface area contributed by atoms with Gasteiger partial charge in [0.15, 0.2) is 6.10 Å². The highest BCUT2D eigenvalue weighted by Crippen LogP contribution is 2.10. The minimum atomic E-state index is -0.845. The number of ether oxygens (including phenoxy) is 3. The Balaban J connectivity index is 4.64. The number of carbonyl (C=O) groups excluding carboxylic acids is 3. The lowest BCUT2D eigenvalue weighted by molar-refractivity contribution is -0.166. The number of carbonyl (C=O) groups is 3. The monoisotopic (exact) mass is 853 g/mol. The molecular weight excluding hydrogens is 769 g/mol. The van der Waals surface area contributed by atoms with Gasteiger partial charge in [0, 0.05) is 19.3 Å². The fraction of sp³-hybridized carbons (Fsp3) is 0.518. The Morgan fingerprint density at radius 3 is 1.00 bits per heavy atom. The molecule has 0 aromatic heterocycles. The first-order chi connectivity index (χ1) is 30.5. The van der Waals surface area contributed by atoms with Gasteiger partial charge >= 0.3 is 17.9 Å². The molecule has 1 atom stereocenters. The normalized spacial score (nSPS) is 13.4. The molecule has 0 aliphatic heterocycles. The van der Waals surface area contributed by atoms with Crippen molar-refractivity contribution in [2.75, 3.05) is 13.2 Å². The number of esters is 3. The highest BCUT2D eigenvalue weighted by atomic mass is 16.6. The summed E-state index contributed by atoms with van der Waals surface area (Å²) in [7, 11) is 0. The molecule has 0 aromatic carbocycles. The zero-order chi connectivity index (χ0) is 45.1. The van der Waals surface area contributed by atoms with Gasteiger partial charge in [-0.3, -0.25) is 14.4 Å². The SMILES string of the molecule is CC/C=C\C/C=C\C/C=C\C/C=C\C/C=C\CCC(=O)OCC(COC(=O)CCCC/C=C\C/C=C\C/C=C\CC)OC(=O)CCCCC/C=C\C/C=C\C/C=C\C/C=C\CC. The van der Waals surface area contributed by atoms with E-state index in [0.29, 0.717) is 19.3 Å². The van der Waals surface area contributed by atoms with E-state index in [0.717, 1.165) is 109 Å². The van der Waals surface area contributed by atoms with Crippen molar-refractivity contribution in [3.05, 3.63) is 146 Å². The van der Waals surface area contributed by atoms with Crippen LogP contribution in [-0.2, 0) is 28.6 Å². The lowest BCUT2D eigenvalue weighted by Gasteiger charge is -2.18. The molecule has 62 heavy (non-hydrogen) atoms. The van der Waals surface area contributed by atoms with Crippen LogP contribution in [0.5, 0.6) is 0 Å². The van der Waals surface area contributed by atoms with Crippen molar-refractivity contribution in [1.29, 1.82) is 0 Å². The largest absolute Gasteiger partial charge is 0.462 e. The van der Waals surface area contributed by atoms with E-state index in [4.69, 9.17) is 14.2 Å². The molecule has 6 nitrogen and oxygen atoms in total. The molecule has 0 heterocycles. The van der Waals surface area contributed by atoms with Crippen LogP contribution in [-0.4, -0.2) is 37.2 Å². The molecule has 6 heteroatoms. The smallest absolute Gasteiger partial charge is 0.306 e. The van der Waals surface area contributed by atoms with Crippen molar-refractivity contribution < 1.29 is 28.6 Å². The summed E-state index contributed by atoms with van der Waals surface area (Å²) in [4.78, 5) is 37.8. The number of unbranched alkanes of at least 4 members (excludes halogenated alkanes) is 5. The van der Waals surface area contributed by atoms with Gasteiger partial charge in [-0.15, -0.1) is 0 Å². The molecular formula is C56H84O6. The topological polar surface area (TPSA) is 78.9 Å². The van der Waals surface area contributed by atoms with Crippen molar-refractivity contribution >= 4 is 17.9 Å². The average molecular weight is 853 g/mol. The van der Waals surface area contributed by atoms with Crippen molar-refractivity contribution in [2.45, 2.75) is 175 Å². The highest BCUT2D eigenvalue weighted by molar-refractivity contribution is 5.71. The van der Waals surface area contributed by atoms with E-state index in [-0.39, 0.29) is 50.4 Å². The molecule has 344 valence electrons. The zero-order valence-electron chi connectivity index (χ0n) is 39.1. The third kappa shape index (κ3) is 46.4. The fourth-order valence-corrected chi connectivity index (χ4v) is 5.61. The molecule has 0 fully saturated rings. The number of hydrogen-bond donors (Lipinski definition) is 0. The van der Waals surface area contributed by atoms with Crippen LogP contribution in [0.3, 0.4) is 0 Å². The van der Waals surface area contributed by atoms with Crippen molar-refractivity contribution in [2.24, 2.45) is 0 Å². The van der Waals surface area contributed by atoms with Crippen LogP contribution in [0.15, 0.2) is 146 Å². The second-order valence-electron chi connectivity index (χ2n) is 14.9. The molecule has 0 radical (unpaired) electrons. The Morgan fingerprint density at radius 2 is 0.613 bits per heavy atom. The third-order valence-electron chi connectivity index (χ3n) is 9.08.